The van der Waals surface area contributed by atoms with E-state index in [0.717, 1.165) is 6.07 Å². The van der Waals surface area contributed by atoms with Gasteiger partial charge in [0, 0.05) is 6.42 Å². The predicted molar refractivity (Wildman–Crippen MR) is 49.4 cm³/mol. The smallest absolute Gasteiger partial charge is 0.330 e. The molecule has 0 bridgehead atoms. The van der Waals surface area contributed by atoms with Crippen molar-refractivity contribution in [3.05, 3.63) is 35.1 Å². The maximum Gasteiger partial charge on any atom is 0.416 e. The van der Waals surface area contributed by atoms with Crippen LogP contribution in [0.4, 0.5) is 17.6 Å². The number of hydrogen-bond donors (Lipinski definition) is 1. The van der Waals surface area contributed by atoms with Gasteiger partial charge in [0.05, 0.1) is 11.1 Å². The molecule has 0 spiro atoms. The van der Waals surface area contributed by atoms with Gasteiger partial charge >= 0.3 is 6.18 Å². The number of alkyl halides is 3. The molecule has 88 valence electrons. The third kappa shape index (κ3) is 2.79. The average molecular weight is 235 g/mol. The van der Waals surface area contributed by atoms with E-state index in [9.17, 15) is 22.4 Å². The highest BCUT2D eigenvalue weighted by molar-refractivity contribution is 5.96. The molecule has 0 aromatic heterocycles. The topological polar surface area (TPSA) is 43.1 Å². The molecule has 0 fully saturated rings. The summed E-state index contributed by atoms with van der Waals surface area (Å²) in [7, 11) is 0. The van der Waals surface area contributed by atoms with E-state index >= 15 is 0 Å². The highest BCUT2D eigenvalue weighted by Gasteiger charge is 2.31. The molecular formula is C10H9F4NO. The highest BCUT2D eigenvalue weighted by atomic mass is 19.4. The largest absolute Gasteiger partial charge is 0.416 e. The first-order valence-corrected chi connectivity index (χ1v) is 4.46. The standard InChI is InChI=1S/C10H9F4NO/c11-8-5-6(10(12,13)14)1-2-7(8)9(16)3-4-15/h1-2,5H,3-4,15H2. The SMILES string of the molecule is NCCC(=O)c1ccc(C(F)(F)F)cc1F. The molecule has 6 heteroatoms. The van der Waals surface area contributed by atoms with E-state index in [-0.39, 0.29) is 18.5 Å². The van der Waals surface area contributed by atoms with Gasteiger partial charge in [-0.2, -0.15) is 13.2 Å². The number of benzene rings is 1. The second kappa shape index (κ2) is 4.61. The van der Waals surface area contributed by atoms with Crippen LogP contribution >= 0.6 is 0 Å². The lowest BCUT2D eigenvalue weighted by Crippen LogP contribution is -2.11. The molecule has 0 saturated carbocycles. The van der Waals surface area contributed by atoms with Crippen LogP contribution in [0.5, 0.6) is 0 Å². The van der Waals surface area contributed by atoms with Crippen molar-refractivity contribution in [1.82, 2.24) is 0 Å². The Morgan fingerprint density at radius 1 is 1.31 bits per heavy atom. The zero-order valence-electron chi connectivity index (χ0n) is 8.14. The van der Waals surface area contributed by atoms with E-state index in [1.165, 1.54) is 0 Å². The fraction of sp³-hybridized carbons (Fsp3) is 0.300. The predicted octanol–water partition coefficient (Wildman–Crippen LogP) is 2.38. The molecule has 1 aromatic rings. The van der Waals surface area contributed by atoms with Gasteiger partial charge in [0.15, 0.2) is 5.78 Å². The Hall–Kier alpha value is -1.43. The van der Waals surface area contributed by atoms with Crippen LogP contribution in [0.2, 0.25) is 0 Å². The molecule has 1 rings (SSSR count). The summed E-state index contributed by atoms with van der Waals surface area (Å²) in [5, 5.41) is 0. The Kier molecular flexibility index (Phi) is 3.64. The summed E-state index contributed by atoms with van der Waals surface area (Å²) in [6, 6.07) is 1.81. The molecule has 1 aromatic carbocycles. The van der Waals surface area contributed by atoms with Crippen molar-refractivity contribution < 1.29 is 22.4 Å². The molecule has 0 unspecified atom stereocenters. The van der Waals surface area contributed by atoms with Gasteiger partial charge in [-0.25, -0.2) is 4.39 Å². The maximum absolute atomic E-state index is 13.2. The molecule has 0 amide bonds. The minimum absolute atomic E-state index is 0.0271. The zero-order chi connectivity index (χ0) is 12.3. The van der Waals surface area contributed by atoms with Gasteiger partial charge in [-0.3, -0.25) is 4.79 Å². The first-order valence-electron chi connectivity index (χ1n) is 4.46. The fourth-order valence-corrected chi connectivity index (χ4v) is 1.18. The third-order valence-corrected chi connectivity index (χ3v) is 1.97. The fourth-order valence-electron chi connectivity index (χ4n) is 1.18. The molecule has 0 heterocycles. The molecule has 0 aliphatic carbocycles. The molecule has 0 aliphatic rings. The molecule has 0 aliphatic heterocycles. The Balaban J connectivity index is 3.05. The first-order chi connectivity index (χ1) is 7.36. The number of Topliss-reactive ketones (excluding diaryl/α,β-unsaturated/α-hetero) is 1. The van der Waals surface area contributed by atoms with Crippen molar-refractivity contribution >= 4 is 5.78 Å². The van der Waals surface area contributed by atoms with Crippen LogP contribution in [0, 0.1) is 5.82 Å². The lowest BCUT2D eigenvalue weighted by Gasteiger charge is -2.08. The summed E-state index contributed by atoms with van der Waals surface area (Å²) in [5.41, 5.74) is 3.61. The van der Waals surface area contributed by atoms with Crippen LogP contribution < -0.4 is 5.73 Å². The van der Waals surface area contributed by atoms with Crippen molar-refractivity contribution in [2.75, 3.05) is 6.54 Å². The van der Waals surface area contributed by atoms with Crippen LogP contribution in [0.1, 0.15) is 22.3 Å². The molecule has 0 saturated heterocycles. The number of nitrogens with two attached hydrogens (primary N) is 1. The minimum atomic E-state index is -4.61. The summed E-state index contributed by atoms with van der Waals surface area (Å²) in [6.07, 6.45) is -4.71. The first kappa shape index (κ1) is 12.6. The van der Waals surface area contributed by atoms with Crippen molar-refractivity contribution in [1.29, 1.82) is 0 Å². The van der Waals surface area contributed by atoms with Crippen molar-refractivity contribution in [2.45, 2.75) is 12.6 Å². The number of carbonyl (C=O) groups is 1. The lowest BCUT2D eigenvalue weighted by atomic mass is 10.1. The lowest BCUT2D eigenvalue weighted by molar-refractivity contribution is -0.137. The van der Waals surface area contributed by atoms with Gasteiger partial charge in [0.25, 0.3) is 0 Å². The average Bonchev–Trinajstić information content (AvgIpc) is 2.16. The van der Waals surface area contributed by atoms with Crippen LogP contribution in [0.25, 0.3) is 0 Å². The van der Waals surface area contributed by atoms with E-state index in [0.29, 0.717) is 12.1 Å². The van der Waals surface area contributed by atoms with Crippen LogP contribution in [-0.2, 0) is 6.18 Å². The third-order valence-electron chi connectivity index (χ3n) is 1.97. The molecule has 0 atom stereocenters. The van der Waals surface area contributed by atoms with Gasteiger partial charge in [-0.15, -0.1) is 0 Å². The summed E-state index contributed by atoms with van der Waals surface area (Å²) >= 11 is 0. The zero-order valence-corrected chi connectivity index (χ0v) is 8.14. The highest BCUT2D eigenvalue weighted by Crippen LogP contribution is 2.30. The van der Waals surface area contributed by atoms with E-state index in [1.54, 1.807) is 0 Å². The van der Waals surface area contributed by atoms with Gasteiger partial charge in [0.1, 0.15) is 5.82 Å². The summed E-state index contributed by atoms with van der Waals surface area (Å²) in [4.78, 5) is 11.2. The minimum Gasteiger partial charge on any atom is -0.330 e. The van der Waals surface area contributed by atoms with Crippen molar-refractivity contribution in [3.63, 3.8) is 0 Å². The molecular weight excluding hydrogens is 226 g/mol. The Morgan fingerprint density at radius 2 is 1.94 bits per heavy atom. The Bertz CT molecular complexity index is 400. The maximum atomic E-state index is 13.2. The normalized spacial score (nSPS) is 11.6. The number of carbonyl (C=O) groups excluding carboxylic acids is 1. The van der Waals surface area contributed by atoms with Crippen molar-refractivity contribution in [2.24, 2.45) is 5.73 Å². The van der Waals surface area contributed by atoms with E-state index in [2.05, 4.69) is 0 Å². The summed E-state index contributed by atoms with van der Waals surface area (Å²) < 4.78 is 49.7. The van der Waals surface area contributed by atoms with Gasteiger partial charge in [-0.05, 0) is 24.7 Å². The van der Waals surface area contributed by atoms with Crippen molar-refractivity contribution in [3.8, 4) is 0 Å². The number of halogens is 4. The molecule has 0 radical (unpaired) electrons. The second-order valence-electron chi connectivity index (χ2n) is 3.15. The van der Waals surface area contributed by atoms with E-state index < -0.39 is 23.3 Å². The Labute approximate surface area is 89.1 Å². The Morgan fingerprint density at radius 3 is 2.38 bits per heavy atom. The number of rotatable bonds is 3. The number of hydrogen-bond acceptors (Lipinski definition) is 2. The van der Waals surface area contributed by atoms with E-state index in [1.807, 2.05) is 0 Å². The monoisotopic (exact) mass is 235 g/mol. The summed E-state index contributed by atoms with van der Waals surface area (Å²) in [5.74, 6) is -1.78. The van der Waals surface area contributed by atoms with E-state index in [4.69, 9.17) is 5.73 Å². The van der Waals surface area contributed by atoms with Crippen LogP contribution in [0.15, 0.2) is 18.2 Å². The molecule has 2 N–H and O–H groups in total. The van der Waals surface area contributed by atoms with Gasteiger partial charge < -0.3 is 5.73 Å². The number of ketones is 1. The van der Waals surface area contributed by atoms with Gasteiger partial charge in [0.2, 0.25) is 0 Å². The van der Waals surface area contributed by atoms with Crippen LogP contribution in [-0.4, -0.2) is 12.3 Å². The second-order valence-corrected chi connectivity index (χ2v) is 3.15. The quantitative estimate of drug-likeness (QED) is 0.645. The van der Waals surface area contributed by atoms with Gasteiger partial charge in [-0.1, -0.05) is 0 Å². The summed E-state index contributed by atoms with van der Waals surface area (Å²) in [6.45, 7) is 0.0271. The molecule has 16 heavy (non-hydrogen) atoms. The van der Waals surface area contributed by atoms with Crippen LogP contribution in [0.3, 0.4) is 0 Å². The molecule has 2 nitrogen and oxygen atoms in total.